The lowest BCUT2D eigenvalue weighted by molar-refractivity contribution is 0.0705. The number of nitrogens with zero attached hydrogens (tertiary/aromatic N) is 2. The molecule has 2 aromatic rings. The number of carbonyl (C=O) groups excluding carboxylic acids is 1. The number of piperidine rings is 1. The lowest BCUT2D eigenvalue weighted by Crippen LogP contribution is -2.39. The number of fused-ring (bicyclic) bond motifs is 1. The minimum absolute atomic E-state index is 0.0440. The molecule has 3 heterocycles. The van der Waals surface area contributed by atoms with Crippen LogP contribution in [0, 0.1) is 0 Å². The van der Waals surface area contributed by atoms with Gasteiger partial charge >= 0.3 is 0 Å². The first-order chi connectivity index (χ1) is 10.8. The molecule has 1 aromatic carbocycles. The number of ether oxygens (including phenoxy) is 2. The van der Waals surface area contributed by atoms with E-state index in [9.17, 15) is 4.79 Å². The van der Waals surface area contributed by atoms with E-state index < -0.39 is 0 Å². The van der Waals surface area contributed by atoms with Gasteiger partial charge in [-0.05, 0) is 37.1 Å². The highest BCUT2D eigenvalue weighted by molar-refractivity contribution is 5.95. The van der Waals surface area contributed by atoms with Gasteiger partial charge in [-0.2, -0.15) is 5.10 Å². The van der Waals surface area contributed by atoms with E-state index >= 15 is 0 Å². The Hall–Kier alpha value is -2.50. The van der Waals surface area contributed by atoms with Crippen molar-refractivity contribution in [3.63, 3.8) is 0 Å². The SMILES string of the molecule is O=C(c1ccc2c(c1)OCO2)N1CCC[C@H](c2ccn[nH]2)C1. The fraction of sp³-hybridized carbons (Fsp3) is 0.375. The molecule has 0 spiro atoms. The minimum Gasteiger partial charge on any atom is -0.454 e. The van der Waals surface area contributed by atoms with Gasteiger partial charge in [-0.1, -0.05) is 0 Å². The molecule has 0 saturated carbocycles. The van der Waals surface area contributed by atoms with E-state index in [4.69, 9.17) is 9.47 Å². The summed E-state index contributed by atoms with van der Waals surface area (Å²) in [5.41, 5.74) is 1.75. The van der Waals surface area contributed by atoms with Crippen LogP contribution >= 0.6 is 0 Å². The molecule has 22 heavy (non-hydrogen) atoms. The molecule has 1 N–H and O–H groups in total. The fourth-order valence-corrected chi connectivity index (χ4v) is 3.12. The molecular weight excluding hydrogens is 282 g/mol. The lowest BCUT2D eigenvalue weighted by atomic mass is 9.94. The normalized spacial score (nSPS) is 20.2. The number of likely N-dealkylation sites (tertiary alicyclic amines) is 1. The van der Waals surface area contributed by atoms with Crippen LogP contribution in [-0.2, 0) is 0 Å². The van der Waals surface area contributed by atoms with Gasteiger partial charge in [0.25, 0.3) is 5.91 Å². The van der Waals surface area contributed by atoms with Crippen molar-refractivity contribution >= 4 is 5.91 Å². The van der Waals surface area contributed by atoms with Crippen molar-refractivity contribution < 1.29 is 14.3 Å². The zero-order valence-corrected chi connectivity index (χ0v) is 12.1. The maximum absolute atomic E-state index is 12.7. The molecule has 6 heteroatoms. The Kier molecular flexibility index (Phi) is 3.21. The highest BCUT2D eigenvalue weighted by atomic mass is 16.7. The highest BCUT2D eigenvalue weighted by Crippen LogP contribution is 2.33. The number of carbonyl (C=O) groups is 1. The molecule has 114 valence electrons. The molecule has 0 aliphatic carbocycles. The van der Waals surface area contributed by atoms with Gasteiger partial charge in [-0.15, -0.1) is 0 Å². The number of amides is 1. The summed E-state index contributed by atoms with van der Waals surface area (Å²) in [5.74, 6) is 1.72. The maximum Gasteiger partial charge on any atom is 0.254 e. The van der Waals surface area contributed by atoms with Crippen molar-refractivity contribution in [2.75, 3.05) is 19.9 Å². The van der Waals surface area contributed by atoms with Gasteiger partial charge < -0.3 is 14.4 Å². The van der Waals surface area contributed by atoms with Crippen LogP contribution in [0.15, 0.2) is 30.5 Å². The molecule has 1 amide bonds. The first-order valence-electron chi connectivity index (χ1n) is 7.49. The summed E-state index contributed by atoms with van der Waals surface area (Å²) in [5, 5.41) is 7.02. The van der Waals surface area contributed by atoms with Crippen LogP contribution in [0.3, 0.4) is 0 Å². The molecule has 2 aliphatic heterocycles. The van der Waals surface area contributed by atoms with Crippen LogP contribution in [0.25, 0.3) is 0 Å². The smallest absolute Gasteiger partial charge is 0.254 e. The molecule has 1 aromatic heterocycles. The molecule has 4 rings (SSSR count). The molecule has 1 saturated heterocycles. The second kappa shape index (κ2) is 5.36. The Bertz CT molecular complexity index is 684. The van der Waals surface area contributed by atoms with E-state index in [1.807, 2.05) is 11.0 Å². The number of nitrogens with one attached hydrogen (secondary N) is 1. The maximum atomic E-state index is 12.7. The predicted octanol–water partition coefficient (Wildman–Crippen LogP) is 2.16. The first-order valence-corrected chi connectivity index (χ1v) is 7.49. The Morgan fingerprint density at radius 3 is 3.05 bits per heavy atom. The summed E-state index contributed by atoms with van der Waals surface area (Å²) < 4.78 is 10.6. The molecule has 1 atom stereocenters. The molecule has 0 radical (unpaired) electrons. The zero-order valence-electron chi connectivity index (χ0n) is 12.1. The van der Waals surface area contributed by atoms with E-state index in [2.05, 4.69) is 10.2 Å². The summed E-state index contributed by atoms with van der Waals surface area (Å²) in [6.07, 6.45) is 3.83. The molecule has 2 aliphatic rings. The van der Waals surface area contributed by atoms with Gasteiger partial charge in [-0.3, -0.25) is 9.89 Å². The van der Waals surface area contributed by atoms with Crippen molar-refractivity contribution in [2.45, 2.75) is 18.8 Å². The summed E-state index contributed by atoms with van der Waals surface area (Å²) in [4.78, 5) is 14.6. The number of hydrogen-bond donors (Lipinski definition) is 1. The standard InChI is InChI=1S/C16H17N3O3/c20-16(11-3-4-14-15(8-11)22-10-21-14)19-7-1-2-12(9-19)13-5-6-17-18-13/h3-6,8,12H,1-2,7,9-10H2,(H,17,18)/t12-/m0/s1. The summed E-state index contributed by atoms with van der Waals surface area (Å²) in [6.45, 7) is 1.73. The summed E-state index contributed by atoms with van der Waals surface area (Å²) in [7, 11) is 0. The molecule has 0 bridgehead atoms. The van der Waals surface area contributed by atoms with Gasteiger partial charge in [0.1, 0.15) is 0 Å². The van der Waals surface area contributed by atoms with Crippen LogP contribution in [0.5, 0.6) is 11.5 Å². The molecule has 1 fully saturated rings. The van der Waals surface area contributed by atoms with E-state index in [1.54, 1.807) is 24.4 Å². The topological polar surface area (TPSA) is 67.5 Å². The number of benzene rings is 1. The quantitative estimate of drug-likeness (QED) is 0.922. The number of hydrogen-bond acceptors (Lipinski definition) is 4. The highest BCUT2D eigenvalue weighted by Gasteiger charge is 2.27. The Morgan fingerprint density at radius 2 is 2.18 bits per heavy atom. The van der Waals surface area contributed by atoms with Crippen molar-refractivity contribution in [1.29, 1.82) is 0 Å². The number of aromatic amines is 1. The number of H-pyrrole nitrogens is 1. The Labute approximate surface area is 128 Å². The third-order valence-electron chi connectivity index (χ3n) is 4.29. The van der Waals surface area contributed by atoms with Crippen molar-refractivity contribution in [2.24, 2.45) is 0 Å². The van der Waals surface area contributed by atoms with Crippen LogP contribution in [-0.4, -0.2) is 40.9 Å². The van der Waals surface area contributed by atoms with E-state index in [0.717, 1.165) is 31.6 Å². The first kappa shape index (κ1) is 13.2. The average Bonchev–Trinajstić information content (AvgIpc) is 3.25. The third-order valence-corrected chi connectivity index (χ3v) is 4.29. The summed E-state index contributed by atoms with van der Waals surface area (Å²) >= 11 is 0. The van der Waals surface area contributed by atoms with Crippen LogP contribution < -0.4 is 9.47 Å². The lowest BCUT2D eigenvalue weighted by Gasteiger charge is -2.32. The second-order valence-electron chi connectivity index (χ2n) is 5.67. The van der Waals surface area contributed by atoms with E-state index in [-0.39, 0.29) is 12.7 Å². The molecule has 0 unspecified atom stereocenters. The van der Waals surface area contributed by atoms with Crippen LogP contribution in [0.4, 0.5) is 0 Å². The van der Waals surface area contributed by atoms with Crippen molar-refractivity contribution in [3.8, 4) is 11.5 Å². The summed E-state index contributed by atoms with van der Waals surface area (Å²) in [6, 6.07) is 7.35. The Balaban J connectivity index is 1.52. The van der Waals surface area contributed by atoms with Gasteiger partial charge in [-0.25, -0.2) is 0 Å². The van der Waals surface area contributed by atoms with Gasteiger partial charge in [0, 0.05) is 36.5 Å². The largest absolute Gasteiger partial charge is 0.454 e. The van der Waals surface area contributed by atoms with E-state index in [1.165, 1.54) is 0 Å². The predicted molar refractivity (Wildman–Crippen MR) is 79.0 cm³/mol. The van der Waals surface area contributed by atoms with Crippen LogP contribution in [0.1, 0.15) is 34.8 Å². The molecular formula is C16H17N3O3. The average molecular weight is 299 g/mol. The fourth-order valence-electron chi connectivity index (χ4n) is 3.12. The second-order valence-corrected chi connectivity index (χ2v) is 5.67. The van der Waals surface area contributed by atoms with Crippen molar-refractivity contribution in [3.05, 3.63) is 41.7 Å². The van der Waals surface area contributed by atoms with Gasteiger partial charge in [0.15, 0.2) is 11.5 Å². The minimum atomic E-state index is 0.0440. The van der Waals surface area contributed by atoms with Crippen molar-refractivity contribution in [1.82, 2.24) is 15.1 Å². The third kappa shape index (κ3) is 2.30. The van der Waals surface area contributed by atoms with Crippen LogP contribution in [0.2, 0.25) is 0 Å². The van der Waals surface area contributed by atoms with Gasteiger partial charge in [0.05, 0.1) is 0 Å². The monoisotopic (exact) mass is 299 g/mol. The van der Waals surface area contributed by atoms with Gasteiger partial charge in [0.2, 0.25) is 6.79 Å². The number of aromatic nitrogens is 2. The number of rotatable bonds is 2. The Morgan fingerprint density at radius 1 is 1.27 bits per heavy atom. The zero-order chi connectivity index (χ0) is 14.9. The van der Waals surface area contributed by atoms with E-state index in [0.29, 0.717) is 23.0 Å². The molecule has 6 nitrogen and oxygen atoms in total.